The van der Waals surface area contributed by atoms with E-state index in [4.69, 9.17) is 4.74 Å². The Labute approximate surface area is 89.2 Å². The SMILES string of the molecule is CCC(=O)OCc1cc(C2CC2)nn1C. The van der Waals surface area contributed by atoms with Crippen LogP contribution in [0.5, 0.6) is 0 Å². The van der Waals surface area contributed by atoms with Gasteiger partial charge in [-0.15, -0.1) is 0 Å². The van der Waals surface area contributed by atoms with Crippen molar-refractivity contribution in [2.75, 3.05) is 0 Å². The van der Waals surface area contributed by atoms with E-state index in [1.165, 1.54) is 12.8 Å². The van der Waals surface area contributed by atoms with E-state index in [1.54, 1.807) is 11.6 Å². The molecular formula is C11H16N2O2. The molecule has 15 heavy (non-hydrogen) atoms. The number of rotatable bonds is 4. The maximum atomic E-state index is 11.0. The van der Waals surface area contributed by atoms with Crippen molar-refractivity contribution < 1.29 is 9.53 Å². The summed E-state index contributed by atoms with van der Waals surface area (Å²) in [7, 11) is 1.89. The van der Waals surface area contributed by atoms with Crippen molar-refractivity contribution in [2.24, 2.45) is 7.05 Å². The molecule has 1 heterocycles. The summed E-state index contributed by atoms with van der Waals surface area (Å²) < 4.78 is 6.87. The quantitative estimate of drug-likeness (QED) is 0.708. The minimum atomic E-state index is -0.163. The molecule has 82 valence electrons. The molecular weight excluding hydrogens is 192 g/mol. The van der Waals surface area contributed by atoms with Crippen LogP contribution < -0.4 is 0 Å². The van der Waals surface area contributed by atoms with Gasteiger partial charge in [0.2, 0.25) is 0 Å². The van der Waals surface area contributed by atoms with Crippen molar-refractivity contribution in [3.05, 3.63) is 17.5 Å². The van der Waals surface area contributed by atoms with Crippen LogP contribution in [-0.2, 0) is 23.2 Å². The zero-order valence-corrected chi connectivity index (χ0v) is 9.19. The van der Waals surface area contributed by atoms with Crippen molar-refractivity contribution in [2.45, 2.75) is 38.7 Å². The van der Waals surface area contributed by atoms with Crippen LogP contribution >= 0.6 is 0 Å². The monoisotopic (exact) mass is 208 g/mol. The first-order chi connectivity index (χ1) is 7.20. The molecule has 1 aromatic rings. The third-order valence-corrected chi connectivity index (χ3v) is 2.66. The first-order valence-corrected chi connectivity index (χ1v) is 5.39. The predicted molar refractivity (Wildman–Crippen MR) is 55.3 cm³/mol. The molecule has 0 amide bonds. The summed E-state index contributed by atoms with van der Waals surface area (Å²) in [6.45, 7) is 2.13. The van der Waals surface area contributed by atoms with Gasteiger partial charge in [0.25, 0.3) is 0 Å². The van der Waals surface area contributed by atoms with Gasteiger partial charge in [0.15, 0.2) is 0 Å². The Balaban J connectivity index is 1.98. The predicted octanol–water partition coefficient (Wildman–Crippen LogP) is 1.75. The summed E-state index contributed by atoms with van der Waals surface area (Å²) in [6, 6.07) is 2.04. The highest BCUT2D eigenvalue weighted by Gasteiger charge is 2.26. The lowest BCUT2D eigenvalue weighted by atomic mass is 10.3. The first kappa shape index (κ1) is 10.2. The van der Waals surface area contributed by atoms with E-state index in [-0.39, 0.29) is 5.97 Å². The number of esters is 1. The third kappa shape index (κ3) is 2.37. The summed E-state index contributed by atoms with van der Waals surface area (Å²) >= 11 is 0. The molecule has 2 rings (SSSR count). The normalized spacial score (nSPS) is 15.3. The standard InChI is InChI=1S/C11H16N2O2/c1-3-11(14)15-7-9-6-10(8-4-5-8)12-13(9)2/h6,8H,3-5,7H2,1-2H3. The molecule has 4 heteroatoms. The fourth-order valence-electron chi connectivity index (χ4n) is 1.50. The summed E-state index contributed by atoms with van der Waals surface area (Å²) in [5.41, 5.74) is 2.11. The van der Waals surface area contributed by atoms with E-state index in [1.807, 2.05) is 13.1 Å². The Morgan fingerprint density at radius 1 is 1.67 bits per heavy atom. The zero-order valence-electron chi connectivity index (χ0n) is 9.19. The molecule has 1 aromatic heterocycles. The van der Waals surface area contributed by atoms with Crippen LogP contribution in [0.25, 0.3) is 0 Å². The van der Waals surface area contributed by atoms with Crippen molar-refractivity contribution in [1.29, 1.82) is 0 Å². The van der Waals surface area contributed by atoms with E-state index in [2.05, 4.69) is 5.10 Å². The number of ether oxygens (including phenoxy) is 1. The number of aromatic nitrogens is 2. The summed E-state index contributed by atoms with van der Waals surface area (Å²) in [6.07, 6.45) is 2.91. The second kappa shape index (κ2) is 4.04. The molecule has 0 unspecified atom stereocenters. The number of aryl methyl sites for hydroxylation is 1. The van der Waals surface area contributed by atoms with Gasteiger partial charge in [0.1, 0.15) is 6.61 Å². The Bertz CT molecular complexity index is 367. The van der Waals surface area contributed by atoms with Gasteiger partial charge in [-0.05, 0) is 18.9 Å². The van der Waals surface area contributed by atoms with Crippen LogP contribution in [0.15, 0.2) is 6.07 Å². The average Bonchev–Trinajstić information content (AvgIpc) is 3.00. The largest absolute Gasteiger partial charge is 0.459 e. The molecule has 1 aliphatic carbocycles. The van der Waals surface area contributed by atoms with E-state index < -0.39 is 0 Å². The van der Waals surface area contributed by atoms with Gasteiger partial charge in [0.05, 0.1) is 11.4 Å². The van der Waals surface area contributed by atoms with Gasteiger partial charge in [-0.1, -0.05) is 6.92 Å². The van der Waals surface area contributed by atoms with Crippen molar-refractivity contribution >= 4 is 5.97 Å². The Kier molecular flexibility index (Phi) is 2.75. The van der Waals surface area contributed by atoms with Gasteiger partial charge in [-0.25, -0.2) is 0 Å². The molecule has 1 fully saturated rings. The zero-order chi connectivity index (χ0) is 10.8. The Hall–Kier alpha value is -1.32. The molecule has 0 bridgehead atoms. The Morgan fingerprint density at radius 3 is 3.00 bits per heavy atom. The molecule has 0 aromatic carbocycles. The van der Waals surface area contributed by atoms with Crippen LogP contribution in [0.3, 0.4) is 0 Å². The lowest BCUT2D eigenvalue weighted by Crippen LogP contribution is -2.06. The lowest BCUT2D eigenvalue weighted by Gasteiger charge is -2.02. The maximum absolute atomic E-state index is 11.0. The van der Waals surface area contributed by atoms with Crippen LogP contribution in [-0.4, -0.2) is 15.7 Å². The van der Waals surface area contributed by atoms with Crippen LogP contribution in [0.4, 0.5) is 0 Å². The van der Waals surface area contributed by atoms with E-state index in [0.29, 0.717) is 18.9 Å². The lowest BCUT2D eigenvalue weighted by molar-refractivity contribution is -0.144. The molecule has 0 saturated heterocycles. The number of hydrogen-bond donors (Lipinski definition) is 0. The van der Waals surface area contributed by atoms with E-state index in [9.17, 15) is 4.79 Å². The third-order valence-electron chi connectivity index (χ3n) is 2.66. The van der Waals surface area contributed by atoms with Crippen molar-refractivity contribution in [3.63, 3.8) is 0 Å². The highest BCUT2D eigenvalue weighted by molar-refractivity contribution is 5.68. The van der Waals surface area contributed by atoms with Crippen LogP contribution in [0, 0.1) is 0 Å². The van der Waals surface area contributed by atoms with Gasteiger partial charge in [-0.2, -0.15) is 5.10 Å². The van der Waals surface area contributed by atoms with Gasteiger partial charge in [0, 0.05) is 19.4 Å². The van der Waals surface area contributed by atoms with Crippen molar-refractivity contribution in [1.82, 2.24) is 9.78 Å². The van der Waals surface area contributed by atoms with Gasteiger partial charge >= 0.3 is 5.97 Å². The van der Waals surface area contributed by atoms with E-state index in [0.717, 1.165) is 11.4 Å². The fourth-order valence-corrected chi connectivity index (χ4v) is 1.50. The first-order valence-electron chi connectivity index (χ1n) is 5.39. The number of carbonyl (C=O) groups is 1. The molecule has 0 radical (unpaired) electrons. The summed E-state index contributed by atoms with van der Waals surface area (Å²) in [5, 5.41) is 4.40. The summed E-state index contributed by atoms with van der Waals surface area (Å²) in [4.78, 5) is 11.0. The molecule has 4 nitrogen and oxygen atoms in total. The second-order valence-corrected chi connectivity index (χ2v) is 3.97. The summed E-state index contributed by atoms with van der Waals surface area (Å²) in [5.74, 6) is 0.482. The number of nitrogens with zero attached hydrogens (tertiary/aromatic N) is 2. The highest BCUT2D eigenvalue weighted by Crippen LogP contribution is 2.39. The highest BCUT2D eigenvalue weighted by atomic mass is 16.5. The van der Waals surface area contributed by atoms with Gasteiger partial charge < -0.3 is 4.74 Å². The van der Waals surface area contributed by atoms with Gasteiger partial charge in [-0.3, -0.25) is 9.48 Å². The van der Waals surface area contributed by atoms with Crippen LogP contribution in [0.1, 0.15) is 43.5 Å². The molecule has 0 aliphatic heterocycles. The molecule has 1 aliphatic rings. The molecule has 0 spiro atoms. The minimum absolute atomic E-state index is 0.163. The minimum Gasteiger partial charge on any atom is -0.459 e. The van der Waals surface area contributed by atoms with Crippen molar-refractivity contribution in [3.8, 4) is 0 Å². The average molecular weight is 208 g/mol. The fraction of sp³-hybridized carbons (Fsp3) is 0.636. The number of hydrogen-bond acceptors (Lipinski definition) is 3. The smallest absolute Gasteiger partial charge is 0.305 e. The topological polar surface area (TPSA) is 44.1 Å². The molecule has 0 N–H and O–H groups in total. The Morgan fingerprint density at radius 2 is 2.40 bits per heavy atom. The molecule has 0 atom stereocenters. The maximum Gasteiger partial charge on any atom is 0.305 e. The van der Waals surface area contributed by atoms with Crippen LogP contribution in [0.2, 0.25) is 0 Å². The molecule has 1 saturated carbocycles. The number of carbonyl (C=O) groups excluding carboxylic acids is 1. The second-order valence-electron chi connectivity index (χ2n) is 3.97. The van der Waals surface area contributed by atoms with E-state index >= 15 is 0 Å².